The number of hydrogen-bond donors (Lipinski definition) is 0. The topological polar surface area (TPSA) is 68.9 Å². The summed E-state index contributed by atoms with van der Waals surface area (Å²) < 4.78 is 1.78. The number of pyridine rings is 2. The van der Waals surface area contributed by atoms with Crippen LogP contribution in [-0.4, -0.2) is 29.8 Å². The molecule has 0 amide bonds. The maximum absolute atomic E-state index is 4.44. The van der Waals surface area contributed by atoms with E-state index in [-0.39, 0.29) is 5.92 Å². The largest absolute Gasteiger partial charge is 0.264 e. The van der Waals surface area contributed by atoms with Gasteiger partial charge in [-0.2, -0.15) is 9.61 Å². The first-order valence-electron chi connectivity index (χ1n) is 8.31. The molecule has 1 atom stereocenters. The van der Waals surface area contributed by atoms with Crippen LogP contribution in [0.15, 0.2) is 79.4 Å². The zero-order valence-corrected chi connectivity index (χ0v) is 13.8. The standard InChI is InChI=1S/C20H14N6/c1-5-16(13-21-9-1)19(20-25-24-18-6-3-11-23-26(18)20)15-7-8-17-14(12-15)4-2-10-22-17/h1-13,19H. The molecule has 0 aliphatic carbocycles. The molecule has 0 N–H and O–H groups in total. The Balaban J connectivity index is 1.76. The van der Waals surface area contributed by atoms with Crippen molar-refractivity contribution in [2.45, 2.75) is 5.92 Å². The molecule has 0 fully saturated rings. The molecule has 0 bridgehead atoms. The van der Waals surface area contributed by atoms with Gasteiger partial charge in [-0.3, -0.25) is 9.97 Å². The van der Waals surface area contributed by atoms with Crippen LogP contribution in [0.5, 0.6) is 0 Å². The molecule has 1 aromatic carbocycles. The molecule has 6 nitrogen and oxygen atoms in total. The van der Waals surface area contributed by atoms with E-state index in [4.69, 9.17) is 0 Å². The summed E-state index contributed by atoms with van der Waals surface area (Å²) >= 11 is 0. The maximum atomic E-state index is 4.44. The molecule has 4 heterocycles. The van der Waals surface area contributed by atoms with Gasteiger partial charge in [0.05, 0.1) is 11.4 Å². The van der Waals surface area contributed by atoms with Crippen LogP contribution in [0.2, 0.25) is 0 Å². The summed E-state index contributed by atoms with van der Waals surface area (Å²) in [5.41, 5.74) is 3.82. The fourth-order valence-electron chi connectivity index (χ4n) is 3.25. The molecular weight excluding hydrogens is 324 g/mol. The van der Waals surface area contributed by atoms with Gasteiger partial charge >= 0.3 is 0 Å². The highest BCUT2D eigenvalue weighted by molar-refractivity contribution is 5.79. The molecule has 5 rings (SSSR count). The highest BCUT2D eigenvalue weighted by atomic mass is 15.4. The van der Waals surface area contributed by atoms with Gasteiger partial charge in [-0.25, -0.2) is 0 Å². The molecule has 0 radical (unpaired) electrons. The first kappa shape index (κ1) is 14.7. The van der Waals surface area contributed by atoms with Gasteiger partial charge in [0.15, 0.2) is 11.5 Å². The SMILES string of the molecule is c1cncc(C(c2ccc3ncccc3c2)c2nnc3cccnn23)c1. The number of hydrogen-bond acceptors (Lipinski definition) is 5. The summed E-state index contributed by atoms with van der Waals surface area (Å²) in [5.74, 6) is 0.634. The number of fused-ring (bicyclic) bond motifs is 2. The van der Waals surface area contributed by atoms with Gasteiger partial charge in [-0.05, 0) is 47.5 Å². The van der Waals surface area contributed by atoms with Crippen molar-refractivity contribution >= 4 is 16.6 Å². The number of nitrogens with zero attached hydrogens (tertiary/aromatic N) is 6. The maximum Gasteiger partial charge on any atom is 0.177 e. The van der Waals surface area contributed by atoms with E-state index in [9.17, 15) is 0 Å². The Morgan fingerprint density at radius 3 is 2.65 bits per heavy atom. The molecule has 124 valence electrons. The van der Waals surface area contributed by atoms with E-state index in [1.54, 1.807) is 23.1 Å². The van der Waals surface area contributed by atoms with Gasteiger partial charge < -0.3 is 0 Å². The van der Waals surface area contributed by atoms with E-state index in [0.29, 0.717) is 0 Å². The first-order chi connectivity index (χ1) is 12.9. The zero-order chi connectivity index (χ0) is 17.3. The summed E-state index contributed by atoms with van der Waals surface area (Å²) in [5, 5.41) is 14.2. The summed E-state index contributed by atoms with van der Waals surface area (Å²) in [6.45, 7) is 0. The van der Waals surface area contributed by atoms with Crippen molar-refractivity contribution in [2.24, 2.45) is 0 Å². The average molecular weight is 338 g/mol. The molecular formula is C20H14N6. The van der Waals surface area contributed by atoms with Gasteiger partial charge in [-0.1, -0.05) is 18.2 Å². The lowest BCUT2D eigenvalue weighted by atomic mass is 9.91. The number of aromatic nitrogens is 6. The van der Waals surface area contributed by atoms with Crippen LogP contribution >= 0.6 is 0 Å². The molecule has 26 heavy (non-hydrogen) atoms. The Kier molecular flexibility index (Phi) is 3.38. The Morgan fingerprint density at radius 1 is 0.808 bits per heavy atom. The quantitative estimate of drug-likeness (QED) is 0.505. The molecule has 6 heteroatoms. The van der Waals surface area contributed by atoms with Gasteiger partial charge in [0.2, 0.25) is 0 Å². The van der Waals surface area contributed by atoms with E-state index in [1.807, 2.05) is 36.5 Å². The minimum atomic E-state index is -0.127. The number of benzene rings is 1. The van der Waals surface area contributed by atoms with Crippen molar-refractivity contribution in [1.82, 2.24) is 29.8 Å². The number of rotatable bonds is 3. The molecule has 5 aromatic rings. The Bertz CT molecular complexity index is 1200. The fraction of sp³-hybridized carbons (Fsp3) is 0.0500. The van der Waals surface area contributed by atoms with Crippen LogP contribution in [0.4, 0.5) is 0 Å². The third kappa shape index (κ3) is 2.39. The second-order valence-corrected chi connectivity index (χ2v) is 6.03. The van der Waals surface area contributed by atoms with Crippen molar-refractivity contribution < 1.29 is 0 Å². The summed E-state index contributed by atoms with van der Waals surface area (Å²) in [6.07, 6.45) is 7.17. The smallest absolute Gasteiger partial charge is 0.177 e. The first-order valence-corrected chi connectivity index (χ1v) is 8.31. The van der Waals surface area contributed by atoms with E-state index in [0.717, 1.165) is 33.5 Å². The monoisotopic (exact) mass is 338 g/mol. The molecule has 0 aliphatic heterocycles. The summed E-state index contributed by atoms with van der Waals surface area (Å²) in [7, 11) is 0. The minimum absolute atomic E-state index is 0.127. The average Bonchev–Trinajstić information content (AvgIpc) is 3.13. The van der Waals surface area contributed by atoms with Gasteiger partial charge in [0.1, 0.15) is 0 Å². The third-order valence-electron chi connectivity index (χ3n) is 4.44. The lowest BCUT2D eigenvalue weighted by molar-refractivity contribution is 0.774. The molecule has 0 aliphatic rings. The molecule has 1 unspecified atom stereocenters. The van der Waals surface area contributed by atoms with Crippen LogP contribution in [0.25, 0.3) is 16.6 Å². The van der Waals surface area contributed by atoms with Crippen LogP contribution in [0.3, 0.4) is 0 Å². The summed E-state index contributed by atoms with van der Waals surface area (Å²) in [6, 6.07) is 18.0. The normalized spacial score (nSPS) is 12.5. The highest BCUT2D eigenvalue weighted by Gasteiger charge is 2.23. The van der Waals surface area contributed by atoms with Gasteiger partial charge in [0.25, 0.3) is 0 Å². The second-order valence-electron chi connectivity index (χ2n) is 6.03. The van der Waals surface area contributed by atoms with Crippen molar-refractivity contribution in [2.75, 3.05) is 0 Å². The van der Waals surface area contributed by atoms with E-state index in [2.05, 4.69) is 49.5 Å². The molecule has 0 saturated heterocycles. The Hall–Kier alpha value is -3.67. The second kappa shape index (κ2) is 6.00. The van der Waals surface area contributed by atoms with Crippen molar-refractivity contribution in [3.05, 3.63) is 96.3 Å². The fourth-order valence-corrected chi connectivity index (χ4v) is 3.25. The molecule has 0 saturated carbocycles. The van der Waals surface area contributed by atoms with Gasteiger partial charge in [-0.15, -0.1) is 10.2 Å². The van der Waals surface area contributed by atoms with Crippen molar-refractivity contribution in [3.63, 3.8) is 0 Å². The van der Waals surface area contributed by atoms with Crippen molar-refractivity contribution in [1.29, 1.82) is 0 Å². The van der Waals surface area contributed by atoms with Crippen LogP contribution < -0.4 is 0 Å². The van der Waals surface area contributed by atoms with Crippen LogP contribution in [0, 0.1) is 0 Å². The molecule has 4 aromatic heterocycles. The summed E-state index contributed by atoms with van der Waals surface area (Å²) in [4.78, 5) is 8.70. The van der Waals surface area contributed by atoms with Crippen LogP contribution in [-0.2, 0) is 0 Å². The lowest BCUT2D eigenvalue weighted by Crippen LogP contribution is -2.10. The van der Waals surface area contributed by atoms with Crippen LogP contribution in [0.1, 0.15) is 22.9 Å². The molecule has 0 spiro atoms. The van der Waals surface area contributed by atoms with E-state index >= 15 is 0 Å². The van der Waals surface area contributed by atoms with Crippen molar-refractivity contribution in [3.8, 4) is 0 Å². The van der Waals surface area contributed by atoms with Gasteiger partial charge in [0, 0.05) is 30.2 Å². The lowest BCUT2D eigenvalue weighted by Gasteiger charge is -2.16. The predicted octanol–water partition coefficient (Wildman–Crippen LogP) is 3.25. The Labute approximate surface area is 149 Å². The zero-order valence-electron chi connectivity index (χ0n) is 13.8. The Morgan fingerprint density at radius 2 is 1.73 bits per heavy atom. The van der Waals surface area contributed by atoms with E-state index in [1.165, 1.54) is 0 Å². The third-order valence-corrected chi connectivity index (χ3v) is 4.44. The predicted molar refractivity (Wildman–Crippen MR) is 97.7 cm³/mol. The van der Waals surface area contributed by atoms with E-state index < -0.39 is 0 Å². The minimum Gasteiger partial charge on any atom is -0.264 e. The highest BCUT2D eigenvalue weighted by Crippen LogP contribution is 2.31.